The monoisotopic (exact) mass is 443 g/mol. The van der Waals surface area contributed by atoms with Gasteiger partial charge in [0.25, 0.3) is 0 Å². The first-order valence-electron chi connectivity index (χ1n) is 8.43. The Balaban J connectivity index is 2.13. The average molecular weight is 444 g/mol. The van der Waals surface area contributed by atoms with Crippen molar-refractivity contribution in [1.29, 1.82) is 0 Å². The van der Waals surface area contributed by atoms with Crippen LogP contribution in [0.2, 0.25) is 5.02 Å². The Bertz CT molecular complexity index is 1210. The molecule has 0 radical (unpaired) electrons. The summed E-state index contributed by atoms with van der Waals surface area (Å²) in [6, 6.07) is 1.73. The third kappa shape index (κ3) is 3.90. The Morgan fingerprint density at radius 2 is 2.07 bits per heavy atom. The number of ether oxygens (including phenoxy) is 1. The van der Waals surface area contributed by atoms with E-state index in [1.807, 2.05) is 4.72 Å². The quantitative estimate of drug-likeness (QED) is 0.539. The second kappa shape index (κ2) is 7.96. The number of ketones is 1. The lowest BCUT2D eigenvalue weighted by atomic mass is 10.0. The van der Waals surface area contributed by atoms with Crippen molar-refractivity contribution in [1.82, 2.24) is 9.97 Å². The largest absolute Gasteiger partial charge is 0.494 e. The lowest BCUT2D eigenvalue weighted by Gasteiger charge is -2.11. The Hall–Kier alpha value is -2.72. The predicted octanol–water partition coefficient (Wildman–Crippen LogP) is 3.89. The number of sulfonamides is 1. The molecule has 1 aromatic carbocycles. The highest BCUT2D eigenvalue weighted by atomic mass is 35.5. The summed E-state index contributed by atoms with van der Waals surface area (Å²) in [4.78, 5) is 19.7. The second-order valence-corrected chi connectivity index (χ2v) is 8.32. The third-order valence-corrected chi connectivity index (χ3v) is 5.98. The van der Waals surface area contributed by atoms with Gasteiger partial charge in [-0.1, -0.05) is 18.5 Å². The second-order valence-electron chi connectivity index (χ2n) is 6.10. The van der Waals surface area contributed by atoms with E-state index < -0.39 is 38.7 Å². The van der Waals surface area contributed by atoms with Gasteiger partial charge in [-0.2, -0.15) is 0 Å². The van der Waals surface area contributed by atoms with Gasteiger partial charge in [0, 0.05) is 6.20 Å². The standard InChI is InChI=1S/C18H16ClF2N3O4S/c1-3-6-29(26,27)24-11-5-4-10(20)14(16(11)21)17(25)9-7-22-18-13(9)15(19)12(28-2)8-23-18/h4-5,7-8,24H,3,6H2,1-2H3,(H,22,23). The predicted molar refractivity (Wildman–Crippen MR) is 105 cm³/mol. The molecule has 0 atom stereocenters. The fourth-order valence-electron chi connectivity index (χ4n) is 2.82. The van der Waals surface area contributed by atoms with E-state index in [9.17, 15) is 22.0 Å². The van der Waals surface area contributed by atoms with Gasteiger partial charge in [-0.05, 0) is 18.6 Å². The number of hydrogen-bond donors (Lipinski definition) is 2. The van der Waals surface area contributed by atoms with E-state index >= 15 is 0 Å². The molecule has 0 unspecified atom stereocenters. The molecule has 0 saturated carbocycles. The van der Waals surface area contributed by atoms with Crippen LogP contribution in [0.4, 0.5) is 14.5 Å². The molecule has 0 aliphatic heterocycles. The van der Waals surface area contributed by atoms with Crippen molar-refractivity contribution >= 4 is 44.1 Å². The smallest absolute Gasteiger partial charge is 0.232 e. The molecule has 2 N–H and O–H groups in total. The molecular formula is C18H16ClF2N3O4S. The van der Waals surface area contributed by atoms with Gasteiger partial charge >= 0.3 is 0 Å². The van der Waals surface area contributed by atoms with Gasteiger partial charge < -0.3 is 9.72 Å². The zero-order valence-electron chi connectivity index (χ0n) is 15.3. The summed E-state index contributed by atoms with van der Waals surface area (Å²) in [5, 5.41) is 0.175. The zero-order valence-corrected chi connectivity index (χ0v) is 16.9. The first kappa shape index (κ1) is 21.0. The number of carbonyl (C=O) groups excluding carboxylic acids is 1. The minimum atomic E-state index is -3.84. The van der Waals surface area contributed by atoms with E-state index in [2.05, 4.69) is 9.97 Å². The summed E-state index contributed by atoms with van der Waals surface area (Å²) in [5.41, 5.74) is -1.35. The number of pyridine rings is 1. The Labute approximate surface area is 170 Å². The minimum absolute atomic E-state index is 0.0442. The fourth-order valence-corrected chi connectivity index (χ4v) is 4.27. The maximum atomic E-state index is 14.9. The molecule has 7 nitrogen and oxygen atoms in total. The maximum Gasteiger partial charge on any atom is 0.232 e. The van der Waals surface area contributed by atoms with Crippen LogP contribution in [0.3, 0.4) is 0 Å². The number of anilines is 1. The van der Waals surface area contributed by atoms with Crippen LogP contribution in [0.15, 0.2) is 24.5 Å². The molecule has 0 bridgehead atoms. The van der Waals surface area contributed by atoms with Gasteiger partial charge in [-0.25, -0.2) is 22.2 Å². The van der Waals surface area contributed by atoms with Crippen LogP contribution in [0.25, 0.3) is 11.0 Å². The Morgan fingerprint density at radius 3 is 2.72 bits per heavy atom. The van der Waals surface area contributed by atoms with E-state index in [1.165, 1.54) is 19.5 Å². The van der Waals surface area contributed by atoms with Crippen molar-refractivity contribution in [3.05, 3.63) is 52.3 Å². The molecule has 0 aliphatic carbocycles. The molecule has 3 aromatic rings. The van der Waals surface area contributed by atoms with Gasteiger partial charge in [0.2, 0.25) is 15.8 Å². The number of carbonyl (C=O) groups is 1. The molecular weight excluding hydrogens is 428 g/mol. The highest BCUT2D eigenvalue weighted by molar-refractivity contribution is 7.92. The van der Waals surface area contributed by atoms with E-state index in [-0.39, 0.29) is 33.1 Å². The number of benzene rings is 1. The van der Waals surface area contributed by atoms with Crippen molar-refractivity contribution in [2.75, 3.05) is 17.6 Å². The molecule has 2 aromatic heterocycles. The van der Waals surface area contributed by atoms with E-state index in [1.54, 1.807) is 6.92 Å². The van der Waals surface area contributed by atoms with Gasteiger partial charge in [-0.15, -0.1) is 0 Å². The van der Waals surface area contributed by atoms with Crippen LogP contribution in [-0.2, 0) is 10.0 Å². The summed E-state index contributed by atoms with van der Waals surface area (Å²) in [6.07, 6.45) is 2.85. The summed E-state index contributed by atoms with van der Waals surface area (Å²) >= 11 is 6.24. The first-order valence-corrected chi connectivity index (χ1v) is 10.5. The van der Waals surface area contributed by atoms with E-state index in [0.29, 0.717) is 6.42 Å². The number of methoxy groups -OCH3 is 1. The van der Waals surface area contributed by atoms with Crippen molar-refractivity contribution in [3.8, 4) is 5.75 Å². The summed E-state index contributed by atoms with van der Waals surface area (Å²) in [7, 11) is -2.49. The molecule has 154 valence electrons. The third-order valence-electron chi connectivity index (χ3n) is 4.13. The van der Waals surface area contributed by atoms with Crippen LogP contribution in [-0.4, -0.2) is 37.0 Å². The first-order chi connectivity index (χ1) is 13.7. The van der Waals surface area contributed by atoms with Crippen molar-refractivity contribution in [2.24, 2.45) is 0 Å². The number of halogens is 3. The molecule has 0 amide bonds. The van der Waals surface area contributed by atoms with E-state index in [0.717, 1.165) is 12.1 Å². The lowest BCUT2D eigenvalue weighted by molar-refractivity contribution is 0.103. The normalized spacial score (nSPS) is 11.6. The van der Waals surface area contributed by atoms with Gasteiger partial charge in [0.05, 0.1) is 46.3 Å². The minimum Gasteiger partial charge on any atom is -0.494 e. The molecule has 11 heteroatoms. The van der Waals surface area contributed by atoms with Crippen LogP contribution in [0, 0.1) is 11.6 Å². The summed E-state index contributed by atoms with van der Waals surface area (Å²) in [5.74, 6) is -3.57. The number of rotatable bonds is 7. The topological polar surface area (TPSA) is 101 Å². The molecule has 2 heterocycles. The van der Waals surface area contributed by atoms with Crippen LogP contribution >= 0.6 is 11.6 Å². The van der Waals surface area contributed by atoms with Gasteiger partial charge in [-0.3, -0.25) is 9.52 Å². The Kier molecular flexibility index (Phi) is 5.76. The zero-order chi connectivity index (χ0) is 21.3. The Morgan fingerprint density at radius 1 is 1.34 bits per heavy atom. The highest BCUT2D eigenvalue weighted by Crippen LogP contribution is 2.35. The van der Waals surface area contributed by atoms with Crippen molar-refractivity contribution < 1.29 is 26.7 Å². The number of aromatic nitrogens is 2. The maximum absolute atomic E-state index is 14.9. The van der Waals surface area contributed by atoms with Gasteiger partial charge in [0.1, 0.15) is 11.5 Å². The van der Waals surface area contributed by atoms with Crippen molar-refractivity contribution in [2.45, 2.75) is 13.3 Å². The summed E-state index contributed by atoms with van der Waals surface area (Å²) < 4.78 is 60.3. The SMILES string of the molecule is CCCS(=O)(=O)Nc1ccc(F)c(C(=O)c2c[nH]c3ncc(OC)c(Cl)c23)c1F. The van der Waals surface area contributed by atoms with Gasteiger partial charge in [0.15, 0.2) is 11.6 Å². The van der Waals surface area contributed by atoms with Crippen LogP contribution in [0.5, 0.6) is 5.75 Å². The van der Waals surface area contributed by atoms with E-state index in [4.69, 9.17) is 16.3 Å². The number of hydrogen-bond acceptors (Lipinski definition) is 5. The molecule has 0 aliphatic rings. The lowest BCUT2D eigenvalue weighted by Crippen LogP contribution is -2.18. The fraction of sp³-hybridized carbons (Fsp3) is 0.222. The number of aromatic amines is 1. The van der Waals surface area contributed by atoms with Crippen LogP contribution in [0.1, 0.15) is 29.3 Å². The molecule has 0 spiro atoms. The highest BCUT2D eigenvalue weighted by Gasteiger charge is 2.27. The molecule has 0 saturated heterocycles. The number of nitrogens with one attached hydrogen (secondary N) is 2. The molecule has 3 rings (SSSR count). The van der Waals surface area contributed by atoms with Crippen molar-refractivity contribution in [3.63, 3.8) is 0 Å². The number of nitrogens with zero attached hydrogens (tertiary/aromatic N) is 1. The van der Waals surface area contributed by atoms with Crippen LogP contribution < -0.4 is 9.46 Å². The number of fused-ring (bicyclic) bond motifs is 1. The number of H-pyrrole nitrogens is 1. The molecule has 29 heavy (non-hydrogen) atoms. The summed E-state index contributed by atoms with van der Waals surface area (Å²) in [6.45, 7) is 1.64. The average Bonchev–Trinajstić information content (AvgIpc) is 3.09. The molecule has 0 fully saturated rings.